The van der Waals surface area contributed by atoms with Gasteiger partial charge in [0.15, 0.2) is 8.32 Å². The molecule has 23 heavy (non-hydrogen) atoms. The van der Waals surface area contributed by atoms with Gasteiger partial charge < -0.3 is 4.43 Å². The Morgan fingerprint density at radius 2 is 2.09 bits per heavy atom. The molecule has 3 atom stereocenters. The molecule has 0 aromatic heterocycles. The van der Waals surface area contributed by atoms with E-state index < -0.39 is 8.32 Å². The van der Waals surface area contributed by atoms with E-state index in [0.717, 1.165) is 32.3 Å². The number of amides is 1. The first-order valence-corrected chi connectivity index (χ1v) is 11.9. The zero-order valence-electron chi connectivity index (χ0n) is 15.2. The van der Waals surface area contributed by atoms with E-state index in [4.69, 9.17) is 9.26 Å². The van der Waals surface area contributed by atoms with Crippen molar-refractivity contribution in [1.29, 1.82) is 0 Å². The van der Waals surface area contributed by atoms with E-state index in [9.17, 15) is 4.79 Å². The Hall–Kier alpha value is -0.653. The van der Waals surface area contributed by atoms with Crippen LogP contribution in [0.2, 0.25) is 18.1 Å². The summed E-state index contributed by atoms with van der Waals surface area (Å²) >= 11 is 0. The van der Waals surface area contributed by atoms with Crippen molar-refractivity contribution in [1.82, 2.24) is 5.06 Å². The molecule has 0 aromatic rings. The Morgan fingerprint density at radius 3 is 2.78 bits per heavy atom. The van der Waals surface area contributed by atoms with Crippen molar-refractivity contribution in [3.05, 3.63) is 11.6 Å². The van der Waals surface area contributed by atoms with Crippen molar-refractivity contribution in [2.45, 2.75) is 83.2 Å². The first-order valence-electron chi connectivity index (χ1n) is 9.02. The third kappa shape index (κ3) is 3.28. The average Bonchev–Trinajstić information content (AvgIpc) is 2.55. The molecule has 4 bridgehead atoms. The highest BCUT2D eigenvalue weighted by atomic mass is 28.4. The molecule has 2 fully saturated rings. The highest BCUT2D eigenvalue weighted by molar-refractivity contribution is 6.74. The molecule has 2 saturated heterocycles. The number of carbonyl (C=O) groups excluding carboxylic acids is 1. The normalized spacial score (nSPS) is 31.2. The van der Waals surface area contributed by atoms with Crippen LogP contribution in [0.4, 0.5) is 0 Å². The molecule has 0 spiro atoms. The van der Waals surface area contributed by atoms with Gasteiger partial charge in [-0.15, -0.1) is 0 Å². The monoisotopic (exact) mass is 337 g/mol. The van der Waals surface area contributed by atoms with Gasteiger partial charge in [-0.2, -0.15) is 0 Å². The van der Waals surface area contributed by atoms with Crippen LogP contribution in [0.1, 0.15) is 52.9 Å². The predicted octanol–water partition coefficient (Wildman–Crippen LogP) is 4.04. The maximum atomic E-state index is 12.3. The molecule has 0 radical (unpaired) electrons. The maximum absolute atomic E-state index is 12.3. The van der Waals surface area contributed by atoms with Crippen LogP contribution in [0.3, 0.4) is 0 Å². The SMILES string of the molecule is CC(C)(C)[Si](C)(C)OCC[C@@H]1C[C@@H]2C=C3CCCC(=O)N(O2)[C@H]31. The van der Waals surface area contributed by atoms with E-state index in [-0.39, 0.29) is 23.1 Å². The number of hydrogen-bond donors (Lipinski definition) is 0. The van der Waals surface area contributed by atoms with Crippen LogP contribution in [-0.4, -0.2) is 38.0 Å². The van der Waals surface area contributed by atoms with E-state index in [1.165, 1.54) is 5.57 Å². The van der Waals surface area contributed by atoms with Crippen LogP contribution < -0.4 is 0 Å². The second-order valence-corrected chi connectivity index (χ2v) is 13.6. The van der Waals surface area contributed by atoms with E-state index in [1.54, 1.807) is 5.06 Å². The molecular weight excluding hydrogens is 306 g/mol. The summed E-state index contributed by atoms with van der Waals surface area (Å²) in [5.41, 5.74) is 1.43. The largest absolute Gasteiger partial charge is 0.417 e. The van der Waals surface area contributed by atoms with Gasteiger partial charge in [0.25, 0.3) is 0 Å². The van der Waals surface area contributed by atoms with Gasteiger partial charge in [-0.25, -0.2) is 5.06 Å². The summed E-state index contributed by atoms with van der Waals surface area (Å²) in [5.74, 6) is 0.652. The van der Waals surface area contributed by atoms with Crippen LogP contribution in [0.5, 0.6) is 0 Å². The minimum atomic E-state index is -1.69. The summed E-state index contributed by atoms with van der Waals surface area (Å²) in [4.78, 5) is 18.1. The van der Waals surface area contributed by atoms with Crippen LogP contribution in [0.15, 0.2) is 11.6 Å². The topological polar surface area (TPSA) is 38.8 Å². The van der Waals surface area contributed by atoms with E-state index in [1.807, 2.05) is 0 Å². The Balaban J connectivity index is 1.64. The number of nitrogens with zero attached hydrogens (tertiary/aromatic N) is 1. The Labute approximate surface area is 141 Å². The van der Waals surface area contributed by atoms with Gasteiger partial charge in [0, 0.05) is 13.0 Å². The van der Waals surface area contributed by atoms with Gasteiger partial charge in [-0.05, 0) is 55.3 Å². The maximum Gasteiger partial charge on any atom is 0.246 e. The van der Waals surface area contributed by atoms with Gasteiger partial charge in [0.05, 0.1) is 6.04 Å². The molecule has 4 nitrogen and oxygen atoms in total. The minimum absolute atomic E-state index is 0.0925. The van der Waals surface area contributed by atoms with Crippen molar-refractivity contribution >= 4 is 14.2 Å². The molecule has 4 rings (SSSR count). The first kappa shape index (κ1) is 17.2. The molecule has 1 aliphatic carbocycles. The summed E-state index contributed by atoms with van der Waals surface area (Å²) in [6.45, 7) is 12.2. The molecule has 3 aliphatic heterocycles. The van der Waals surface area contributed by atoms with Gasteiger partial charge in [0.2, 0.25) is 5.91 Å². The van der Waals surface area contributed by atoms with Gasteiger partial charge in [-0.3, -0.25) is 9.63 Å². The summed E-state index contributed by atoms with van der Waals surface area (Å²) in [5, 5.41) is 1.95. The molecular formula is C18H31NO3Si. The van der Waals surface area contributed by atoms with Crippen molar-refractivity contribution in [2.75, 3.05) is 6.61 Å². The minimum Gasteiger partial charge on any atom is -0.417 e. The zero-order chi connectivity index (χ0) is 16.8. The van der Waals surface area contributed by atoms with Crippen molar-refractivity contribution in [3.63, 3.8) is 0 Å². The van der Waals surface area contributed by atoms with E-state index >= 15 is 0 Å². The van der Waals surface area contributed by atoms with Crippen LogP contribution in [0.25, 0.3) is 0 Å². The molecule has 4 aliphatic rings. The number of carbonyl (C=O) groups is 1. The second kappa shape index (κ2) is 6.01. The van der Waals surface area contributed by atoms with E-state index in [2.05, 4.69) is 39.9 Å². The second-order valence-electron chi connectivity index (χ2n) is 8.80. The average molecular weight is 338 g/mol. The van der Waals surface area contributed by atoms with Crippen molar-refractivity contribution in [3.8, 4) is 0 Å². The summed E-state index contributed by atoms with van der Waals surface area (Å²) in [6.07, 6.45) is 7.04. The van der Waals surface area contributed by atoms with Crippen molar-refractivity contribution in [2.24, 2.45) is 5.92 Å². The summed E-state index contributed by atoms with van der Waals surface area (Å²) in [7, 11) is -1.69. The van der Waals surface area contributed by atoms with E-state index in [0.29, 0.717) is 12.3 Å². The zero-order valence-corrected chi connectivity index (χ0v) is 16.2. The molecule has 0 aromatic carbocycles. The van der Waals surface area contributed by atoms with Gasteiger partial charge in [-0.1, -0.05) is 26.8 Å². The fourth-order valence-corrected chi connectivity index (χ4v) is 4.78. The molecule has 130 valence electrons. The molecule has 5 heteroatoms. The standard InChI is InChI=1S/C18H31NO3Si/c1-18(2,3)23(4,5)21-10-9-14-12-15-11-13-7-6-8-16(20)19(22-15)17(13)14/h11,14-15,17H,6-10,12H2,1-5H3/t14-,15+,17-/m1/s1. The predicted molar refractivity (Wildman–Crippen MR) is 93.3 cm³/mol. The fraction of sp³-hybridized carbons (Fsp3) is 0.833. The Bertz CT molecular complexity index is 509. The molecule has 0 N–H and O–H groups in total. The fourth-order valence-electron chi connectivity index (χ4n) is 3.72. The van der Waals surface area contributed by atoms with Gasteiger partial charge >= 0.3 is 0 Å². The Kier molecular flexibility index (Phi) is 4.49. The van der Waals surface area contributed by atoms with Crippen LogP contribution in [0, 0.1) is 5.92 Å². The summed E-state index contributed by atoms with van der Waals surface area (Å²) in [6, 6.07) is 0.165. The lowest BCUT2D eigenvalue weighted by Gasteiger charge is -2.47. The lowest BCUT2D eigenvalue weighted by molar-refractivity contribution is -0.244. The number of hydrogen-bond acceptors (Lipinski definition) is 3. The quantitative estimate of drug-likeness (QED) is 0.574. The number of fused-ring (bicyclic) bond motifs is 1. The third-order valence-electron chi connectivity index (χ3n) is 6.12. The molecule has 0 saturated carbocycles. The summed E-state index contributed by atoms with van der Waals surface area (Å²) < 4.78 is 6.36. The third-order valence-corrected chi connectivity index (χ3v) is 10.7. The lowest BCUT2D eigenvalue weighted by Crippen LogP contribution is -2.55. The molecule has 1 amide bonds. The highest BCUT2D eigenvalue weighted by Crippen LogP contribution is 2.43. The highest BCUT2D eigenvalue weighted by Gasteiger charge is 2.46. The number of rotatable bonds is 4. The van der Waals surface area contributed by atoms with Crippen LogP contribution >= 0.6 is 0 Å². The van der Waals surface area contributed by atoms with Gasteiger partial charge in [0.1, 0.15) is 6.10 Å². The van der Waals surface area contributed by atoms with Crippen LogP contribution in [-0.2, 0) is 14.1 Å². The lowest BCUT2D eigenvalue weighted by atomic mass is 9.78. The Morgan fingerprint density at radius 1 is 1.35 bits per heavy atom. The molecule has 3 heterocycles. The number of hydroxylamine groups is 2. The van der Waals surface area contributed by atoms with Crippen molar-refractivity contribution < 1.29 is 14.1 Å². The first-order chi connectivity index (χ1) is 10.7. The molecule has 0 unspecified atom stereocenters. The smallest absolute Gasteiger partial charge is 0.246 e.